The Kier molecular flexibility index (Phi) is 8.18. The third-order valence-corrected chi connectivity index (χ3v) is 4.54. The number of esters is 1. The summed E-state index contributed by atoms with van der Waals surface area (Å²) in [6, 6.07) is 13.8. The summed E-state index contributed by atoms with van der Waals surface area (Å²) in [7, 11) is 1.13. The van der Waals surface area contributed by atoms with Crippen molar-refractivity contribution in [3.8, 4) is 11.1 Å². The molecule has 2 rings (SSSR count). The number of hydrogen-bond acceptors (Lipinski definition) is 5. The number of nitrogens with one attached hydrogen (secondary N) is 1. The van der Waals surface area contributed by atoms with Crippen molar-refractivity contribution in [3.05, 3.63) is 59.1 Å². The highest BCUT2D eigenvalue weighted by Crippen LogP contribution is 2.23. The number of methoxy groups -OCH3 is 1. The number of carbonyl (C=O) groups excluding carboxylic acids is 2. The first-order chi connectivity index (χ1) is 13.8. The first kappa shape index (κ1) is 22.4. The molecule has 0 aliphatic rings. The number of carbonyl (C=O) groups is 3. The average Bonchev–Trinajstić information content (AvgIpc) is 2.71. The number of rotatable bonds is 9. The molecule has 154 valence electrons. The molecule has 0 bridgehead atoms. The molecular formula is C21H22ClNO6. The summed E-state index contributed by atoms with van der Waals surface area (Å²) in [6.45, 7) is 0. The van der Waals surface area contributed by atoms with E-state index in [1.54, 1.807) is 6.07 Å². The van der Waals surface area contributed by atoms with Crippen molar-refractivity contribution in [1.29, 1.82) is 0 Å². The van der Waals surface area contributed by atoms with Gasteiger partial charge >= 0.3 is 11.9 Å². The molecule has 0 heterocycles. The quantitative estimate of drug-likeness (QED) is 0.538. The summed E-state index contributed by atoms with van der Waals surface area (Å²) < 4.78 is 4.55. The van der Waals surface area contributed by atoms with Crippen molar-refractivity contribution in [1.82, 2.24) is 5.32 Å². The maximum atomic E-state index is 12.0. The summed E-state index contributed by atoms with van der Waals surface area (Å²) in [5, 5.41) is 22.0. The van der Waals surface area contributed by atoms with Crippen LogP contribution in [0.4, 0.5) is 0 Å². The Labute approximate surface area is 173 Å². The standard InChI is InChI=1S/C21H22ClNO6/c1-29-21(28)20(27)17(23-18(24)9-10-19(25)26)11-13-5-7-14(8-6-13)15-3-2-4-16(22)12-15/h2-8,12,17,20,27H,9-11H2,1H3,(H,23,24)(H,25,26)/t17-,20?/m1/s1. The molecule has 0 aliphatic carbocycles. The van der Waals surface area contributed by atoms with E-state index in [0.29, 0.717) is 5.02 Å². The van der Waals surface area contributed by atoms with Gasteiger partial charge in [0, 0.05) is 11.4 Å². The number of aliphatic hydroxyl groups excluding tert-OH is 1. The second-order valence-electron chi connectivity index (χ2n) is 6.45. The van der Waals surface area contributed by atoms with Gasteiger partial charge in [-0.05, 0) is 35.2 Å². The van der Waals surface area contributed by atoms with Crippen LogP contribution in [-0.2, 0) is 25.5 Å². The van der Waals surface area contributed by atoms with Crippen LogP contribution in [0.2, 0.25) is 5.02 Å². The SMILES string of the molecule is COC(=O)C(O)[C@@H](Cc1ccc(-c2cccc(Cl)c2)cc1)NC(=O)CCC(=O)O. The number of amides is 1. The molecule has 0 aromatic heterocycles. The Hall–Kier alpha value is -2.90. The van der Waals surface area contributed by atoms with Crippen molar-refractivity contribution >= 4 is 29.4 Å². The molecule has 0 spiro atoms. The van der Waals surface area contributed by atoms with E-state index in [1.165, 1.54) is 0 Å². The Balaban J connectivity index is 2.13. The number of hydrogen-bond donors (Lipinski definition) is 3. The van der Waals surface area contributed by atoms with Gasteiger partial charge in [0.2, 0.25) is 5.91 Å². The molecule has 2 atom stereocenters. The smallest absolute Gasteiger partial charge is 0.336 e. The molecule has 0 saturated heterocycles. The molecule has 1 unspecified atom stereocenters. The van der Waals surface area contributed by atoms with E-state index < -0.39 is 30.0 Å². The maximum absolute atomic E-state index is 12.0. The predicted octanol–water partition coefficient (Wildman–Crippen LogP) is 2.43. The van der Waals surface area contributed by atoms with Gasteiger partial charge in [-0.15, -0.1) is 0 Å². The number of aliphatic hydroxyl groups is 1. The molecule has 29 heavy (non-hydrogen) atoms. The lowest BCUT2D eigenvalue weighted by Crippen LogP contribution is -2.48. The summed E-state index contributed by atoms with van der Waals surface area (Å²) >= 11 is 6.02. The Morgan fingerprint density at radius 1 is 1.07 bits per heavy atom. The minimum Gasteiger partial charge on any atom is -0.481 e. The molecule has 8 heteroatoms. The average molecular weight is 420 g/mol. The summed E-state index contributed by atoms with van der Waals surface area (Å²) in [6.07, 6.45) is -2.03. The number of carboxylic acid groups (broad SMARTS) is 1. The van der Waals surface area contributed by atoms with E-state index in [9.17, 15) is 19.5 Å². The highest BCUT2D eigenvalue weighted by atomic mass is 35.5. The van der Waals surface area contributed by atoms with Crippen molar-refractivity contribution in [3.63, 3.8) is 0 Å². The number of ether oxygens (including phenoxy) is 1. The lowest BCUT2D eigenvalue weighted by Gasteiger charge is -2.22. The van der Waals surface area contributed by atoms with E-state index in [4.69, 9.17) is 16.7 Å². The third-order valence-electron chi connectivity index (χ3n) is 4.30. The largest absolute Gasteiger partial charge is 0.481 e. The Morgan fingerprint density at radius 3 is 2.34 bits per heavy atom. The van der Waals surface area contributed by atoms with E-state index in [0.717, 1.165) is 23.8 Å². The molecule has 1 amide bonds. The lowest BCUT2D eigenvalue weighted by atomic mass is 9.98. The van der Waals surface area contributed by atoms with Crippen LogP contribution in [0.5, 0.6) is 0 Å². The zero-order valence-corrected chi connectivity index (χ0v) is 16.6. The molecule has 2 aromatic rings. The number of benzene rings is 2. The second-order valence-corrected chi connectivity index (χ2v) is 6.88. The third kappa shape index (κ3) is 6.89. The van der Waals surface area contributed by atoms with Gasteiger partial charge in [0.05, 0.1) is 19.6 Å². The molecule has 7 nitrogen and oxygen atoms in total. The summed E-state index contributed by atoms with van der Waals surface area (Å²) in [5.41, 5.74) is 2.64. The van der Waals surface area contributed by atoms with Crippen LogP contribution in [0.15, 0.2) is 48.5 Å². The van der Waals surface area contributed by atoms with Crippen LogP contribution >= 0.6 is 11.6 Å². The van der Waals surface area contributed by atoms with Crippen molar-refractivity contribution in [2.45, 2.75) is 31.4 Å². The molecule has 0 saturated carbocycles. The van der Waals surface area contributed by atoms with E-state index in [1.807, 2.05) is 42.5 Å². The number of halogens is 1. The van der Waals surface area contributed by atoms with Crippen LogP contribution < -0.4 is 5.32 Å². The fraction of sp³-hybridized carbons (Fsp3) is 0.286. The highest BCUT2D eigenvalue weighted by Gasteiger charge is 2.28. The zero-order chi connectivity index (χ0) is 21.4. The first-order valence-corrected chi connectivity index (χ1v) is 9.30. The van der Waals surface area contributed by atoms with Crippen LogP contribution in [0.1, 0.15) is 18.4 Å². The first-order valence-electron chi connectivity index (χ1n) is 8.92. The van der Waals surface area contributed by atoms with Gasteiger partial charge in [-0.2, -0.15) is 0 Å². The predicted molar refractivity (Wildman–Crippen MR) is 107 cm³/mol. The summed E-state index contributed by atoms with van der Waals surface area (Å²) in [4.78, 5) is 34.3. The minimum atomic E-state index is -1.58. The highest BCUT2D eigenvalue weighted by molar-refractivity contribution is 6.30. The zero-order valence-electron chi connectivity index (χ0n) is 15.8. The molecule has 0 radical (unpaired) electrons. The monoisotopic (exact) mass is 419 g/mol. The lowest BCUT2D eigenvalue weighted by molar-refractivity contribution is -0.152. The van der Waals surface area contributed by atoms with Crippen LogP contribution in [0.25, 0.3) is 11.1 Å². The Bertz CT molecular complexity index is 868. The van der Waals surface area contributed by atoms with Gasteiger partial charge in [0.1, 0.15) is 0 Å². The van der Waals surface area contributed by atoms with E-state index in [2.05, 4.69) is 10.1 Å². The van der Waals surface area contributed by atoms with Crippen molar-refractivity contribution in [2.24, 2.45) is 0 Å². The second kappa shape index (κ2) is 10.6. The molecule has 3 N–H and O–H groups in total. The van der Waals surface area contributed by atoms with Gasteiger partial charge in [-0.3, -0.25) is 9.59 Å². The van der Waals surface area contributed by atoms with Crippen LogP contribution in [0, 0.1) is 0 Å². The van der Waals surface area contributed by atoms with Gasteiger partial charge < -0.3 is 20.3 Å². The normalized spacial score (nSPS) is 12.7. The van der Waals surface area contributed by atoms with Crippen LogP contribution in [0.3, 0.4) is 0 Å². The molecule has 2 aromatic carbocycles. The minimum absolute atomic E-state index is 0.158. The molecule has 0 aliphatic heterocycles. The van der Waals surface area contributed by atoms with E-state index >= 15 is 0 Å². The van der Waals surface area contributed by atoms with Gasteiger partial charge in [-0.1, -0.05) is 48.0 Å². The van der Waals surface area contributed by atoms with Crippen molar-refractivity contribution in [2.75, 3.05) is 7.11 Å². The number of carboxylic acids is 1. The van der Waals surface area contributed by atoms with Gasteiger partial charge in [0.15, 0.2) is 6.10 Å². The van der Waals surface area contributed by atoms with Gasteiger partial charge in [0.25, 0.3) is 0 Å². The van der Waals surface area contributed by atoms with Crippen LogP contribution in [-0.4, -0.2) is 47.3 Å². The summed E-state index contributed by atoms with van der Waals surface area (Å²) in [5.74, 6) is -2.57. The molecule has 0 fully saturated rings. The maximum Gasteiger partial charge on any atom is 0.336 e. The topological polar surface area (TPSA) is 113 Å². The fourth-order valence-corrected chi connectivity index (χ4v) is 2.97. The fourth-order valence-electron chi connectivity index (χ4n) is 2.78. The van der Waals surface area contributed by atoms with E-state index in [-0.39, 0.29) is 19.3 Å². The molecular weight excluding hydrogens is 398 g/mol. The Morgan fingerprint density at radius 2 is 1.76 bits per heavy atom. The van der Waals surface area contributed by atoms with Crippen molar-refractivity contribution < 1.29 is 29.3 Å². The van der Waals surface area contributed by atoms with Gasteiger partial charge in [-0.25, -0.2) is 4.79 Å². The number of aliphatic carboxylic acids is 1.